The maximum atomic E-state index is 9.77. The van der Waals surface area contributed by atoms with Gasteiger partial charge in [-0.15, -0.1) is 0 Å². The van der Waals surface area contributed by atoms with E-state index in [1.54, 1.807) is 0 Å². The maximum Gasteiger partial charge on any atom is 0.335 e. The van der Waals surface area contributed by atoms with E-state index < -0.39 is 24.1 Å². The molecule has 0 saturated carbocycles. The van der Waals surface area contributed by atoms with Gasteiger partial charge in [0, 0.05) is 37.7 Å². The number of aliphatic hydroxyl groups excluding tert-OH is 2. The molecule has 2 atom stereocenters. The molecule has 0 aromatic carbocycles. The topological polar surface area (TPSA) is 147 Å². The Morgan fingerprint density at radius 1 is 0.846 bits per heavy atom. The zero-order chi connectivity index (χ0) is 8.31. The third-order valence-electron chi connectivity index (χ3n) is 0.805. The summed E-state index contributed by atoms with van der Waals surface area (Å²) in [4.78, 5) is 19.5. The molecule has 68 valence electrons. The molecule has 0 aliphatic rings. The van der Waals surface area contributed by atoms with E-state index in [0.717, 1.165) is 0 Å². The zero-order valence-electron chi connectivity index (χ0n) is 7.26. The molecule has 0 bridgehead atoms. The zero-order valence-corrected chi connectivity index (χ0v) is 7.26. The molecule has 13 heavy (non-hydrogen) atoms. The maximum absolute atomic E-state index is 9.77. The fraction of sp³-hybridized carbons (Fsp3) is 0.500. The van der Waals surface area contributed by atoms with Crippen LogP contribution in [0, 0.1) is 0 Å². The van der Waals surface area contributed by atoms with Gasteiger partial charge in [-0.1, -0.05) is 0 Å². The van der Waals surface area contributed by atoms with Crippen LogP contribution in [-0.4, -0.2) is 87.8 Å². The summed E-state index contributed by atoms with van der Waals surface area (Å²) in [5, 5.41) is 32.5. The largest absolute Gasteiger partial charge is 0.479 e. The van der Waals surface area contributed by atoms with E-state index >= 15 is 0 Å². The van der Waals surface area contributed by atoms with E-state index in [-0.39, 0.29) is 43.2 Å². The summed E-state index contributed by atoms with van der Waals surface area (Å²) in [6, 6.07) is 0. The normalized spacial score (nSPS) is 12.2. The van der Waals surface area contributed by atoms with Gasteiger partial charge in [-0.2, -0.15) is 0 Å². The third kappa shape index (κ3) is 8.35. The van der Waals surface area contributed by atoms with Gasteiger partial charge in [0.15, 0.2) is 12.2 Å². The second kappa shape index (κ2) is 10.1. The summed E-state index contributed by atoms with van der Waals surface area (Å²) in [5.41, 5.74) is 0. The van der Waals surface area contributed by atoms with E-state index in [0.29, 0.717) is 0 Å². The van der Waals surface area contributed by atoms with E-state index in [1.807, 2.05) is 0 Å². The van der Waals surface area contributed by atoms with Gasteiger partial charge in [0.2, 0.25) is 0 Å². The molecule has 0 aliphatic carbocycles. The number of aliphatic hydroxyl groups is 2. The first-order chi connectivity index (χ1) is 4.46. The summed E-state index contributed by atoms with van der Waals surface area (Å²) in [5.74, 6) is -3.54. The first-order valence-corrected chi connectivity index (χ1v) is 2.28. The van der Waals surface area contributed by atoms with Crippen LogP contribution in [0.15, 0.2) is 0 Å². The van der Waals surface area contributed by atoms with E-state index in [9.17, 15) is 9.59 Å². The molecular weight excluding hydrogens is 174 g/mol. The van der Waals surface area contributed by atoms with Crippen LogP contribution < -0.4 is 0 Å². The van der Waals surface area contributed by atoms with Crippen LogP contribution in [0.25, 0.3) is 0 Å². The van der Waals surface area contributed by atoms with Gasteiger partial charge < -0.3 is 25.9 Å². The summed E-state index contributed by atoms with van der Waals surface area (Å²) in [6.07, 6.45) is -4.53. The van der Waals surface area contributed by atoms with Crippen molar-refractivity contribution in [2.45, 2.75) is 12.2 Å². The van der Waals surface area contributed by atoms with Crippen LogP contribution >= 0.6 is 0 Å². The second-order valence-corrected chi connectivity index (χ2v) is 1.57. The fourth-order valence-electron chi connectivity index (χ4n) is 0.270. The smallest absolute Gasteiger partial charge is 0.335 e. The molecule has 0 amide bonds. The second-order valence-electron chi connectivity index (χ2n) is 1.57. The summed E-state index contributed by atoms with van der Waals surface area (Å²) >= 11 is 0. The van der Waals surface area contributed by atoms with Crippen molar-refractivity contribution >= 4 is 49.7 Å². The molecule has 0 aromatic heterocycles. The predicted octanol–water partition coefficient (Wildman–Crippen LogP) is -3.71. The molecule has 0 spiro atoms. The number of hydrogen-bond acceptors (Lipinski definition) is 4. The predicted molar refractivity (Wildman–Crippen MR) is 42.4 cm³/mol. The molecule has 0 saturated heterocycles. The Morgan fingerprint density at radius 3 is 1.08 bits per heavy atom. The van der Waals surface area contributed by atoms with Crippen LogP contribution in [0.5, 0.6) is 0 Å². The van der Waals surface area contributed by atoms with Crippen molar-refractivity contribution in [3.8, 4) is 0 Å². The van der Waals surface area contributed by atoms with Gasteiger partial charge in [0.25, 0.3) is 0 Å². The van der Waals surface area contributed by atoms with Crippen LogP contribution in [0.3, 0.4) is 0 Å². The number of rotatable bonds is 3. The minimum Gasteiger partial charge on any atom is -0.479 e. The Bertz CT molecular complexity index is 143. The summed E-state index contributed by atoms with van der Waals surface area (Å²) in [6.45, 7) is 0. The molecule has 0 aromatic rings. The van der Waals surface area contributed by atoms with Gasteiger partial charge in [0.1, 0.15) is 0 Å². The van der Waals surface area contributed by atoms with Crippen molar-refractivity contribution in [2.24, 2.45) is 0 Å². The monoisotopic (exact) mass is 182 g/mol. The molecule has 0 heterocycles. The van der Waals surface area contributed by atoms with E-state index in [4.69, 9.17) is 20.4 Å². The minimum atomic E-state index is -2.27. The first kappa shape index (κ1) is 23.1. The van der Waals surface area contributed by atoms with Crippen molar-refractivity contribution in [2.75, 3.05) is 0 Å². The molecule has 2 radical (unpaired) electrons. The van der Waals surface area contributed by atoms with Crippen LogP contribution in [0.4, 0.5) is 0 Å². The van der Waals surface area contributed by atoms with Crippen molar-refractivity contribution < 1.29 is 35.5 Å². The standard InChI is InChI=1S/C4H6O6.2Li.H2O/c5-1(3(7)8)2(6)4(9)10;;;/h1-2,5-6H,(H,7,8)(H,9,10);;;1H2. The number of carboxylic acids is 2. The van der Waals surface area contributed by atoms with Crippen LogP contribution in [0.2, 0.25) is 0 Å². The van der Waals surface area contributed by atoms with Gasteiger partial charge in [-0.3, -0.25) is 0 Å². The Labute approximate surface area is 97.4 Å². The van der Waals surface area contributed by atoms with E-state index in [2.05, 4.69) is 0 Å². The summed E-state index contributed by atoms with van der Waals surface area (Å²) < 4.78 is 0. The van der Waals surface area contributed by atoms with Crippen LogP contribution in [-0.2, 0) is 9.59 Å². The fourth-order valence-corrected chi connectivity index (χ4v) is 0.270. The Balaban J connectivity index is -0.000000135. The van der Waals surface area contributed by atoms with E-state index in [1.165, 1.54) is 0 Å². The molecule has 0 rings (SSSR count). The van der Waals surface area contributed by atoms with Gasteiger partial charge in [-0.05, 0) is 0 Å². The Morgan fingerprint density at radius 2 is 1.00 bits per heavy atom. The number of carboxylic acid groups (broad SMARTS) is 2. The molecule has 6 N–H and O–H groups in total. The van der Waals surface area contributed by atoms with Gasteiger partial charge >= 0.3 is 11.9 Å². The molecule has 0 fully saturated rings. The van der Waals surface area contributed by atoms with Crippen molar-refractivity contribution in [1.82, 2.24) is 0 Å². The molecule has 0 aliphatic heterocycles. The van der Waals surface area contributed by atoms with Crippen molar-refractivity contribution in [3.63, 3.8) is 0 Å². The number of aliphatic carboxylic acids is 2. The summed E-state index contributed by atoms with van der Waals surface area (Å²) in [7, 11) is 0. The van der Waals surface area contributed by atoms with Gasteiger partial charge in [0.05, 0.1) is 0 Å². The average Bonchev–Trinajstić information content (AvgIpc) is 1.84. The van der Waals surface area contributed by atoms with Crippen LogP contribution in [0.1, 0.15) is 0 Å². The third-order valence-corrected chi connectivity index (χ3v) is 0.805. The first-order valence-electron chi connectivity index (χ1n) is 2.28. The van der Waals surface area contributed by atoms with Crippen molar-refractivity contribution in [3.05, 3.63) is 0 Å². The quantitative estimate of drug-likeness (QED) is 0.330. The van der Waals surface area contributed by atoms with Gasteiger partial charge in [-0.25, -0.2) is 9.59 Å². The number of carbonyl (C=O) groups is 2. The number of hydrogen-bond donors (Lipinski definition) is 4. The Hall–Kier alpha value is 0.0148. The molecule has 9 heteroatoms. The van der Waals surface area contributed by atoms with Crippen molar-refractivity contribution in [1.29, 1.82) is 0 Å². The molecular formula is C4H8Li2O7. The SMILES string of the molecule is O.O=C(O)C(O)C(O)C(=O)O.[Li].[Li]. The molecule has 2 unspecified atom stereocenters. The minimum absolute atomic E-state index is 0. The Kier molecular flexibility index (Phi) is 18.0. The average molecular weight is 182 g/mol. The molecule has 7 nitrogen and oxygen atoms in total.